The summed E-state index contributed by atoms with van der Waals surface area (Å²) in [7, 11) is 0. The summed E-state index contributed by atoms with van der Waals surface area (Å²) >= 11 is 1.83. The molecule has 1 aliphatic heterocycles. The maximum absolute atomic E-state index is 6.39. The van der Waals surface area contributed by atoms with Gasteiger partial charge in [-0.25, -0.2) is 9.97 Å². The first kappa shape index (κ1) is 17.1. The molecule has 0 bridgehead atoms. The number of anilines is 1. The lowest BCUT2D eigenvalue weighted by Gasteiger charge is -2.24. The number of benzene rings is 1. The fourth-order valence-electron chi connectivity index (χ4n) is 4.86. The van der Waals surface area contributed by atoms with Crippen LogP contribution in [0.5, 0.6) is 0 Å². The largest absolute Gasteiger partial charge is 0.383 e. The van der Waals surface area contributed by atoms with Gasteiger partial charge in [-0.3, -0.25) is 4.90 Å². The van der Waals surface area contributed by atoms with Crippen LogP contribution in [0.25, 0.3) is 10.2 Å². The van der Waals surface area contributed by atoms with Crippen molar-refractivity contribution in [1.29, 1.82) is 0 Å². The van der Waals surface area contributed by atoms with Gasteiger partial charge in [-0.05, 0) is 56.7 Å². The molecule has 0 saturated carbocycles. The highest BCUT2D eigenvalue weighted by Gasteiger charge is 2.32. The molecule has 140 valence electrons. The summed E-state index contributed by atoms with van der Waals surface area (Å²) in [6.45, 7) is 4.20. The molecule has 1 fully saturated rings. The van der Waals surface area contributed by atoms with Crippen molar-refractivity contribution in [2.24, 2.45) is 0 Å². The molecule has 5 heteroatoms. The lowest BCUT2D eigenvalue weighted by molar-refractivity contribution is 0.245. The minimum absolute atomic E-state index is 0.490. The van der Waals surface area contributed by atoms with Crippen molar-refractivity contribution < 1.29 is 0 Å². The molecule has 27 heavy (non-hydrogen) atoms. The third kappa shape index (κ3) is 3.03. The predicted molar refractivity (Wildman–Crippen MR) is 112 cm³/mol. The zero-order valence-corrected chi connectivity index (χ0v) is 16.6. The maximum Gasteiger partial charge on any atom is 0.146 e. The number of hydrogen-bond donors (Lipinski definition) is 1. The number of fused-ring (bicyclic) bond motifs is 3. The number of aryl methyl sites for hydroxylation is 2. The summed E-state index contributed by atoms with van der Waals surface area (Å²) in [5.74, 6) is 2.14. The molecule has 2 atom stereocenters. The summed E-state index contributed by atoms with van der Waals surface area (Å²) in [5.41, 5.74) is 9.25. The van der Waals surface area contributed by atoms with Gasteiger partial charge < -0.3 is 5.73 Å². The number of nitrogens with two attached hydrogens (primary N) is 1. The number of nitrogen functional groups attached to an aromatic ring is 1. The molecule has 2 unspecified atom stereocenters. The highest BCUT2D eigenvalue weighted by atomic mass is 32.1. The van der Waals surface area contributed by atoms with Crippen LogP contribution in [0.3, 0.4) is 0 Å². The standard InChI is InChI=1S/C22H26N4S/c1-14-16(15-7-3-2-4-8-15)11-12-26(14)13-19-24-21(23)20-17-9-5-6-10-18(17)27-22(20)25-19/h2-4,7-8,14,16H,5-6,9-13H2,1H3,(H2,23,24,25). The van der Waals surface area contributed by atoms with Crippen LogP contribution in [0.2, 0.25) is 0 Å². The number of hydrogen-bond acceptors (Lipinski definition) is 5. The van der Waals surface area contributed by atoms with Gasteiger partial charge in [-0.2, -0.15) is 0 Å². The first-order valence-electron chi connectivity index (χ1n) is 10.1. The van der Waals surface area contributed by atoms with Crippen molar-refractivity contribution in [2.45, 2.75) is 57.5 Å². The Balaban J connectivity index is 1.40. The highest BCUT2D eigenvalue weighted by molar-refractivity contribution is 7.19. The molecule has 2 aromatic heterocycles. The monoisotopic (exact) mass is 378 g/mol. The van der Waals surface area contributed by atoms with Crippen LogP contribution in [0.1, 0.15) is 53.9 Å². The average Bonchev–Trinajstić information content (AvgIpc) is 3.23. The Bertz CT molecular complexity index is 965. The van der Waals surface area contributed by atoms with Gasteiger partial charge in [0.15, 0.2) is 0 Å². The van der Waals surface area contributed by atoms with Crippen molar-refractivity contribution >= 4 is 27.4 Å². The molecule has 3 aromatic rings. The third-order valence-corrected chi connectivity index (χ3v) is 7.53. The normalized spacial score (nSPS) is 23.0. The van der Waals surface area contributed by atoms with Crippen LogP contribution in [-0.2, 0) is 19.4 Å². The number of likely N-dealkylation sites (tertiary alicyclic amines) is 1. The zero-order chi connectivity index (χ0) is 18.4. The minimum atomic E-state index is 0.490. The van der Waals surface area contributed by atoms with Gasteiger partial charge >= 0.3 is 0 Å². The second-order valence-electron chi connectivity index (χ2n) is 7.93. The Labute approximate surface area is 164 Å². The second kappa shape index (κ2) is 6.88. The van der Waals surface area contributed by atoms with Crippen molar-refractivity contribution in [3.05, 3.63) is 52.2 Å². The molecule has 1 aromatic carbocycles. The molecular formula is C22H26N4S. The average molecular weight is 379 g/mol. The Morgan fingerprint density at radius 3 is 2.81 bits per heavy atom. The number of rotatable bonds is 3. The van der Waals surface area contributed by atoms with Gasteiger partial charge in [0.05, 0.1) is 11.9 Å². The maximum atomic E-state index is 6.39. The van der Waals surface area contributed by atoms with Crippen LogP contribution in [-0.4, -0.2) is 27.5 Å². The van der Waals surface area contributed by atoms with E-state index in [1.54, 1.807) is 0 Å². The summed E-state index contributed by atoms with van der Waals surface area (Å²) in [6.07, 6.45) is 6.03. The number of aromatic nitrogens is 2. The first-order chi connectivity index (χ1) is 13.2. The number of nitrogens with zero attached hydrogens (tertiary/aromatic N) is 3. The second-order valence-corrected chi connectivity index (χ2v) is 9.02. The van der Waals surface area contributed by atoms with Crippen molar-refractivity contribution in [1.82, 2.24) is 14.9 Å². The molecule has 1 saturated heterocycles. The molecule has 2 aliphatic rings. The predicted octanol–water partition coefficient (Wildman–Crippen LogP) is 4.53. The lowest BCUT2D eigenvalue weighted by Crippen LogP contribution is -2.29. The molecule has 5 rings (SSSR count). The van der Waals surface area contributed by atoms with Gasteiger partial charge in [0.25, 0.3) is 0 Å². The molecular weight excluding hydrogens is 352 g/mol. The van der Waals surface area contributed by atoms with Crippen molar-refractivity contribution in [2.75, 3.05) is 12.3 Å². The summed E-state index contributed by atoms with van der Waals surface area (Å²) < 4.78 is 0. The van der Waals surface area contributed by atoms with Crippen LogP contribution >= 0.6 is 11.3 Å². The fraction of sp³-hybridized carbons (Fsp3) is 0.455. The lowest BCUT2D eigenvalue weighted by atomic mass is 9.93. The Hall–Kier alpha value is -1.98. The van der Waals surface area contributed by atoms with Crippen molar-refractivity contribution in [3.8, 4) is 0 Å². The van der Waals surface area contributed by atoms with Gasteiger partial charge in [-0.15, -0.1) is 11.3 Å². The van der Waals surface area contributed by atoms with Crippen LogP contribution in [0, 0.1) is 0 Å². The van der Waals surface area contributed by atoms with E-state index in [1.165, 1.54) is 41.7 Å². The zero-order valence-electron chi connectivity index (χ0n) is 15.8. The minimum Gasteiger partial charge on any atom is -0.383 e. The highest BCUT2D eigenvalue weighted by Crippen LogP contribution is 2.38. The fourth-order valence-corrected chi connectivity index (χ4v) is 6.14. The summed E-state index contributed by atoms with van der Waals surface area (Å²) in [6, 6.07) is 11.4. The van der Waals surface area contributed by atoms with Gasteiger partial charge in [0.1, 0.15) is 16.5 Å². The Kier molecular flexibility index (Phi) is 4.37. The molecule has 0 radical (unpaired) electrons. The van der Waals surface area contributed by atoms with E-state index >= 15 is 0 Å². The van der Waals surface area contributed by atoms with E-state index in [1.807, 2.05) is 11.3 Å². The third-order valence-electron chi connectivity index (χ3n) is 6.35. The van der Waals surface area contributed by atoms with E-state index in [2.05, 4.69) is 42.2 Å². The summed E-state index contributed by atoms with van der Waals surface area (Å²) in [4.78, 5) is 14.7. The topological polar surface area (TPSA) is 55.0 Å². The SMILES string of the molecule is CC1C(c2ccccc2)CCN1Cc1nc(N)c2c3c(sc2n1)CCCC3. The van der Waals surface area contributed by atoms with Gasteiger partial charge in [0.2, 0.25) is 0 Å². The van der Waals surface area contributed by atoms with E-state index in [0.29, 0.717) is 17.8 Å². The van der Waals surface area contributed by atoms with Gasteiger partial charge in [-0.1, -0.05) is 30.3 Å². The summed E-state index contributed by atoms with van der Waals surface area (Å²) in [5, 5.41) is 1.13. The van der Waals surface area contributed by atoms with E-state index in [9.17, 15) is 0 Å². The smallest absolute Gasteiger partial charge is 0.146 e. The van der Waals surface area contributed by atoms with Gasteiger partial charge in [0, 0.05) is 16.8 Å². The van der Waals surface area contributed by atoms with Crippen molar-refractivity contribution in [3.63, 3.8) is 0 Å². The van der Waals surface area contributed by atoms with E-state index in [4.69, 9.17) is 15.7 Å². The van der Waals surface area contributed by atoms with E-state index in [0.717, 1.165) is 35.6 Å². The molecule has 0 amide bonds. The van der Waals surface area contributed by atoms with E-state index < -0.39 is 0 Å². The van der Waals surface area contributed by atoms with Crippen LogP contribution in [0.15, 0.2) is 30.3 Å². The van der Waals surface area contributed by atoms with Crippen LogP contribution in [0.4, 0.5) is 5.82 Å². The molecule has 3 heterocycles. The molecule has 0 spiro atoms. The van der Waals surface area contributed by atoms with Crippen LogP contribution < -0.4 is 5.73 Å². The quantitative estimate of drug-likeness (QED) is 0.727. The van der Waals surface area contributed by atoms with E-state index in [-0.39, 0.29) is 0 Å². The Morgan fingerprint density at radius 2 is 1.96 bits per heavy atom. The molecule has 2 N–H and O–H groups in total. The Morgan fingerprint density at radius 1 is 1.15 bits per heavy atom. The molecule has 4 nitrogen and oxygen atoms in total. The number of thiophene rings is 1. The first-order valence-corrected chi connectivity index (χ1v) is 10.9. The molecule has 1 aliphatic carbocycles.